The normalized spacial score (nSPS) is 12.5. The van der Waals surface area contributed by atoms with E-state index in [1.807, 2.05) is 37.4 Å². The van der Waals surface area contributed by atoms with E-state index in [1.54, 1.807) is 6.07 Å². The van der Waals surface area contributed by atoms with Crippen LogP contribution in [0.25, 0.3) is 23.0 Å². The van der Waals surface area contributed by atoms with E-state index in [1.165, 1.54) is 0 Å². The predicted octanol–water partition coefficient (Wildman–Crippen LogP) is 3.80. The van der Waals surface area contributed by atoms with Gasteiger partial charge in [-0.3, -0.25) is 0 Å². The van der Waals surface area contributed by atoms with Crippen molar-refractivity contribution >= 4 is 11.6 Å². The summed E-state index contributed by atoms with van der Waals surface area (Å²) in [7, 11) is 1.90. The standard InChI is InChI=1S/C16H16ClN3O2/c1-10(18-2)9-15-19-16(22-20-15)14-8-7-13(21-14)11-5-3-4-6-12(11)17/h3-8,10,18H,9H2,1-2H3. The van der Waals surface area contributed by atoms with Gasteiger partial charge in [0, 0.05) is 18.0 Å². The molecule has 1 atom stereocenters. The first-order valence-electron chi connectivity index (χ1n) is 7.02. The largest absolute Gasteiger partial charge is 0.451 e. The lowest BCUT2D eigenvalue weighted by Gasteiger charge is -2.04. The summed E-state index contributed by atoms with van der Waals surface area (Å²) in [6, 6.07) is 11.4. The molecule has 0 saturated carbocycles. The number of benzene rings is 1. The quantitative estimate of drug-likeness (QED) is 0.775. The van der Waals surface area contributed by atoms with Gasteiger partial charge in [0.05, 0.1) is 5.02 Å². The summed E-state index contributed by atoms with van der Waals surface area (Å²) in [6.07, 6.45) is 0.693. The topological polar surface area (TPSA) is 64.1 Å². The zero-order valence-corrected chi connectivity index (χ0v) is 13.1. The molecule has 3 aromatic rings. The molecule has 0 spiro atoms. The fourth-order valence-corrected chi connectivity index (χ4v) is 2.30. The van der Waals surface area contributed by atoms with Gasteiger partial charge in [-0.25, -0.2) is 0 Å². The highest BCUT2D eigenvalue weighted by Crippen LogP contribution is 2.31. The molecule has 2 heterocycles. The minimum absolute atomic E-state index is 0.278. The first kappa shape index (κ1) is 14.8. The van der Waals surface area contributed by atoms with E-state index in [-0.39, 0.29) is 6.04 Å². The molecule has 0 aliphatic heterocycles. The van der Waals surface area contributed by atoms with Crippen LogP contribution in [-0.4, -0.2) is 23.2 Å². The fourth-order valence-electron chi connectivity index (χ4n) is 2.07. The van der Waals surface area contributed by atoms with Crippen molar-refractivity contribution in [2.24, 2.45) is 0 Å². The second-order valence-corrected chi connectivity index (χ2v) is 5.46. The van der Waals surface area contributed by atoms with Gasteiger partial charge in [-0.05, 0) is 38.2 Å². The van der Waals surface area contributed by atoms with Crippen LogP contribution in [0.4, 0.5) is 0 Å². The van der Waals surface area contributed by atoms with Crippen LogP contribution in [0, 0.1) is 0 Å². The minimum Gasteiger partial charge on any atom is -0.451 e. The van der Waals surface area contributed by atoms with Crippen LogP contribution >= 0.6 is 11.6 Å². The molecule has 1 aromatic carbocycles. The molecule has 0 amide bonds. The van der Waals surface area contributed by atoms with Gasteiger partial charge >= 0.3 is 0 Å². The monoisotopic (exact) mass is 317 g/mol. The Morgan fingerprint density at radius 1 is 1.18 bits per heavy atom. The third kappa shape index (κ3) is 3.05. The Morgan fingerprint density at radius 3 is 2.73 bits per heavy atom. The number of rotatable bonds is 5. The Kier molecular flexibility index (Phi) is 4.27. The second-order valence-electron chi connectivity index (χ2n) is 5.05. The molecule has 0 aliphatic carbocycles. The maximum atomic E-state index is 6.17. The van der Waals surface area contributed by atoms with Crippen LogP contribution in [0.15, 0.2) is 45.3 Å². The van der Waals surface area contributed by atoms with Gasteiger partial charge < -0.3 is 14.3 Å². The maximum absolute atomic E-state index is 6.17. The summed E-state index contributed by atoms with van der Waals surface area (Å²) in [5, 5.41) is 7.74. The summed E-state index contributed by atoms with van der Waals surface area (Å²) in [6.45, 7) is 2.05. The average molecular weight is 318 g/mol. The van der Waals surface area contributed by atoms with Crippen molar-refractivity contribution in [2.45, 2.75) is 19.4 Å². The number of nitrogens with one attached hydrogen (secondary N) is 1. The van der Waals surface area contributed by atoms with Gasteiger partial charge in [-0.1, -0.05) is 28.9 Å². The molecule has 2 aromatic heterocycles. The smallest absolute Gasteiger partial charge is 0.293 e. The van der Waals surface area contributed by atoms with Crippen LogP contribution in [0.5, 0.6) is 0 Å². The fraction of sp³-hybridized carbons (Fsp3) is 0.250. The molecule has 0 radical (unpaired) electrons. The third-order valence-electron chi connectivity index (χ3n) is 3.41. The lowest BCUT2D eigenvalue weighted by Crippen LogP contribution is -2.24. The minimum atomic E-state index is 0.278. The van der Waals surface area contributed by atoms with Crippen LogP contribution in [0.1, 0.15) is 12.7 Å². The molecule has 0 aliphatic rings. The van der Waals surface area contributed by atoms with Crippen LogP contribution in [0.3, 0.4) is 0 Å². The van der Waals surface area contributed by atoms with Gasteiger partial charge in [0.1, 0.15) is 5.76 Å². The van der Waals surface area contributed by atoms with E-state index in [2.05, 4.69) is 22.4 Å². The number of hydrogen-bond donors (Lipinski definition) is 1. The lowest BCUT2D eigenvalue weighted by molar-refractivity contribution is 0.406. The molecule has 5 nitrogen and oxygen atoms in total. The van der Waals surface area contributed by atoms with E-state index in [0.717, 1.165) is 5.56 Å². The molecule has 0 bridgehead atoms. The lowest BCUT2D eigenvalue weighted by atomic mass is 10.2. The molecule has 114 valence electrons. The van der Waals surface area contributed by atoms with Crippen molar-refractivity contribution < 1.29 is 8.94 Å². The number of furan rings is 1. The molecule has 0 fully saturated rings. The van der Waals surface area contributed by atoms with Gasteiger partial charge in [-0.15, -0.1) is 0 Å². The summed E-state index contributed by atoms with van der Waals surface area (Å²) in [4.78, 5) is 4.35. The van der Waals surface area contributed by atoms with Crippen molar-refractivity contribution in [3.8, 4) is 23.0 Å². The zero-order chi connectivity index (χ0) is 15.5. The van der Waals surface area contributed by atoms with E-state index in [4.69, 9.17) is 20.5 Å². The molecule has 1 unspecified atom stereocenters. The van der Waals surface area contributed by atoms with Crippen molar-refractivity contribution in [2.75, 3.05) is 7.05 Å². The van der Waals surface area contributed by atoms with Gasteiger partial charge in [0.2, 0.25) is 0 Å². The van der Waals surface area contributed by atoms with E-state index in [0.29, 0.717) is 34.7 Å². The third-order valence-corrected chi connectivity index (χ3v) is 3.74. The van der Waals surface area contributed by atoms with Crippen molar-refractivity contribution in [1.82, 2.24) is 15.5 Å². The van der Waals surface area contributed by atoms with Gasteiger partial charge in [0.25, 0.3) is 5.89 Å². The zero-order valence-electron chi connectivity index (χ0n) is 12.3. The molecule has 3 rings (SSSR count). The van der Waals surface area contributed by atoms with Gasteiger partial charge in [0.15, 0.2) is 11.6 Å². The van der Waals surface area contributed by atoms with Crippen LogP contribution in [0.2, 0.25) is 5.02 Å². The summed E-state index contributed by atoms with van der Waals surface area (Å²) in [5.74, 6) is 2.22. The molecular weight excluding hydrogens is 302 g/mol. The summed E-state index contributed by atoms with van der Waals surface area (Å²) >= 11 is 6.17. The predicted molar refractivity (Wildman–Crippen MR) is 84.7 cm³/mol. The summed E-state index contributed by atoms with van der Waals surface area (Å²) < 4.78 is 11.0. The number of halogens is 1. The molecule has 6 heteroatoms. The van der Waals surface area contributed by atoms with Crippen molar-refractivity contribution in [1.29, 1.82) is 0 Å². The molecule has 22 heavy (non-hydrogen) atoms. The Balaban J connectivity index is 1.84. The number of likely N-dealkylation sites (N-methyl/N-ethyl adjacent to an activating group) is 1. The number of nitrogens with zero attached hydrogens (tertiary/aromatic N) is 2. The molecular formula is C16H16ClN3O2. The van der Waals surface area contributed by atoms with Crippen molar-refractivity contribution in [3.63, 3.8) is 0 Å². The van der Waals surface area contributed by atoms with E-state index < -0.39 is 0 Å². The Labute approximate surface area is 133 Å². The highest BCUT2D eigenvalue weighted by atomic mass is 35.5. The number of hydrogen-bond acceptors (Lipinski definition) is 5. The highest BCUT2D eigenvalue weighted by molar-refractivity contribution is 6.33. The van der Waals surface area contributed by atoms with E-state index in [9.17, 15) is 0 Å². The molecule has 1 N–H and O–H groups in total. The Bertz CT molecular complexity index is 766. The second kappa shape index (κ2) is 6.34. The highest BCUT2D eigenvalue weighted by Gasteiger charge is 2.15. The molecule has 0 saturated heterocycles. The van der Waals surface area contributed by atoms with Crippen molar-refractivity contribution in [3.05, 3.63) is 47.2 Å². The van der Waals surface area contributed by atoms with Crippen LogP contribution < -0.4 is 5.32 Å². The SMILES string of the molecule is CNC(C)Cc1noc(-c2ccc(-c3ccccc3Cl)o2)n1. The maximum Gasteiger partial charge on any atom is 0.293 e. The Hall–Kier alpha value is -2.11. The number of aromatic nitrogens is 2. The first-order chi connectivity index (χ1) is 10.7. The van der Waals surface area contributed by atoms with E-state index >= 15 is 0 Å². The Morgan fingerprint density at radius 2 is 1.95 bits per heavy atom. The van der Waals surface area contributed by atoms with Gasteiger partial charge in [-0.2, -0.15) is 4.98 Å². The summed E-state index contributed by atoms with van der Waals surface area (Å²) in [5.41, 5.74) is 0.832. The first-order valence-corrected chi connectivity index (χ1v) is 7.40. The van der Waals surface area contributed by atoms with Crippen LogP contribution in [-0.2, 0) is 6.42 Å². The average Bonchev–Trinajstić information content (AvgIpc) is 3.16.